The van der Waals surface area contributed by atoms with Crippen molar-refractivity contribution < 1.29 is 14.4 Å². The van der Waals surface area contributed by atoms with Crippen LogP contribution in [0.2, 0.25) is 0 Å². The number of aryl methyl sites for hydroxylation is 1. The van der Waals surface area contributed by atoms with Gasteiger partial charge in [0.1, 0.15) is 11.5 Å². The van der Waals surface area contributed by atoms with Gasteiger partial charge in [-0.25, -0.2) is 0 Å². The van der Waals surface area contributed by atoms with Gasteiger partial charge in [-0.15, -0.1) is 0 Å². The van der Waals surface area contributed by atoms with Gasteiger partial charge >= 0.3 is 0 Å². The number of para-hydroxylation sites is 1. The van der Waals surface area contributed by atoms with E-state index < -0.39 is 23.4 Å². The lowest BCUT2D eigenvalue weighted by Crippen LogP contribution is -2.49. The topological polar surface area (TPSA) is 66.5 Å². The van der Waals surface area contributed by atoms with E-state index in [4.69, 9.17) is 0 Å². The van der Waals surface area contributed by atoms with Crippen LogP contribution < -0.4 is 5.32 Å². The van der Waals surface area contributed by atoms with Gasteiger partial charge in [-0.05, 0) is 47.2 Å². The number of anilines is 1. The zero-order valence-electron chi connectivity index (χ0n) is 24.2. The standard InChI is InChI=1S/C38H34N2O3/c1-2-3-5-12-25-19-21-28(22-20-25)34(41)32-33(35(42)27-14-6-4-7-15-27)40-24-23-26-13-8-9-16-29(26)36(40)38(32)30-17-10-11-18-31(30)39-37(38)43/h4,6-11,13-24,32-33,36H,2-3,5,12H2,1H3,(H,39,43). The summed E-state index contributed by atoms with van der Waals surface area (Å²) in [7, 11) is 0. The highest BCUT2D eigenvalue weighted by Gasteiger charge is 2.70. The second-order valence-corrected chi connectivity index (χ2v) is 11.8. The minimum Gasteiger partial charge on any atom is -0.358 e. The number of Topliss-reactive ketones (excluding diaryl/α,β-unsaturated/α-hetero) is 2. The van der Waals surface area contributed by atoms with Crippen molar-refractivity contribution in [2.45, 2.75) is 50.1 Å². The maximum absolute atomic E-state index is 15.0. The van der Waals surface area contributed by atoms with Gasteiger partial charge < -0.3 is 10.2 Å². The lowest BCUT2D eigenvalue weighted by molar-refractivity contribution is -0.122. The third-order valence-corrected chi connectivity index (χ3v) is 9.49. The van der Waals surface area contributed by atoms with E-state index in [1.54, 1.807) is 12.1 Å². The lowest BCUT2D eigenvalue weighted by atomic mass is 9.62. The molecular formula is C38H34N2O3. The maximum Gasteiger partial charge on any atom is 0.238 e. The third kappa shape index (κ3) is 4.17. The number of benzene rings is 4. The van der Waals surface area contributed by atoms with E-state index in [0.717, 1.165) is 42.4 Å². The zero-order valence-corrected chi connectivity index (χ0v) is 24.2. The van der Waals surface area contributed by atoms with E-state index in [-0.39, 0.29) is 17.5 Å². The molecule has 0 saturated carbocycles. The van der Waals surface area contributed by atoms with E-state index in [1.165, 1.54) is 5.56 Å². The van der Waals surface area contributed by atoms with Crippen LogP contribution in [0.4, 0.5) is 5.69 Å². The van der Waals surface area contributed by atoms with E-state index >= 15 is 0 Å². The third-order valence-electron chi connectivity index (χ3n) is 9.49. The first-order valence-corrected chi connectivity index (χ1v) is 15.2. The first-order valence-electron chi connectivity index (χ1n) is 15.2. The monoisotopic (exact) mass is 566 g/mol. The Kier molecular flexibility index (Phi) is 6.81. The van der Waals surface area contributed by atoms with Gasteiger partial charge in [0.05, 0.1) is 12.0 Å². The van der Waals surface area contributed by atoms with Gasteiger partial charge in [-0.1, -0.05) is 117 Å². The number of carbonyl (C=O) groups is 3. The molecule has 4 unspecified atom stereocenters. The van der Waals surface area contributed by atoms with Crippen molar-refractivity contribution in [1.29, 1.82) is 0 Å². The van der Waals surface area contributed by atoms with Crippen molar-refractivity contribution >= 4 is 29.2 Å². The summed E-state index contributed by atoms with van der Waals surface area (Å²) in [6.07, 6.45) is 8.27. The van der Waals surface area contributed by atoms with Crippen LogP contribution in [0.1, 0.15) is 75.2 Å². The van der Waals surface area contributed by atoms with Gasteiger partial charge in [-0.2, -0.15) is 0 Å². The van der Waals surface area contributed by atoms with Gasteiger partial charge in [0.2, 0.25) is 5.91 Å². The number of ketones is 2. The number of nitrogens with zero attached hydrogens (tertiary/aromatic N) is 1. The summed E-state index contributed by atoms with van der Waals surface area (Å²) in [5.41, 5.74) is 4.27. The normalized spacial score (nSPS) is 23.0. The molecule has 1 saturated heterocycles. The van der Waals surface area contributed by atoms with Crippen LogP contribution in [0, 0.1) is 5.92 Å². The average molecular weight is 567 g/mol. The van der Waals surface area contributed by atoms with Gasteiger partial charge in [0, 0.05) is 23.0 Å². The molecule has 3 heterocycles. The number of fused-ring (bicyclic) bond motifs is 6. The molecule has 43 heavy (non-hydrogen) atoms. The second-order valence-electron chi connectivity index (χ2n) is 11.8. The quantitative estimate of drug-likeness (QED) is 0.178. The molecule has 0 bridgehead atoms. The minimum atomic E-state index is -1.32. The van der Waals surface area contributed by atoms with E-state index in [1.807, 2.05) is 108 Å². The molecule has 5 nitrogen and oxygen atoms in total. The number of amides is 1. The van der Waals surface area contributed by atoms with Crippen molar-refractivity contribution in [2.75, 3.05) is 5.32 Å². The fourth-order valence-corrected chi connectivity index (χ4v) is 7.54. The Bertz CT molecular complexity index is 1740. The van der Waals surface area contributed by atoms with Crippen molar-refractivity contribution in [3.8, 4) is 0 Å². The van der Waals surface area contributed by atoms with Crippen LogP contribution in [0.15, 0.2) is 109 Å². The second kappa shape index (κ2) is 10.8. The lowest BCUT2D eigenvalue weighted by Gasteiger charge is -2.38. The molecule has 214 valence electrons. The van der Waals surface area contributed by atoms with Crippen LogP contribution in [0.3, 0.4) is 0 Å². The highest BCUT2D eigenvalue weighted by atomic mass is 16.2. The van der Waals surface area contributed by atoms with Gasteiger partial charge in [-0.3, -0.25) is 14.4 Å². The SMILES string of the molecule is CCCCCc1ccc(C(=O)C2C(C(=O)c3ccccc3)N3C=Cc4ccccc4C3C23C(=O)Nc2ccccc23)cc1. The van der Waals surface area contributed by atoms with Crippen LogP contribution in [0.25, 0.3) is 6.08 Å². The minimum absolute atomic E-state index is 0.168. The molecule has 1 fully saturated rings. The number of rotatable bonds is 8. The molecular weight excluding hydrogens is 532 g/mol. The Hall–Kier alpha value is -4.77. The highest BCUT2D eigenvalue weighted by molar-refractivity contribution is 6.16. The smallest absolute Gasteiger partial charge is 0.238 e. The first kappa shape index (κ1) is 27.1. The van der Waals surface area contributed by atoms with Gasteiger partial charge in [0.15, 0.2) is 11.6 Å². The molecule has 0 aliphatic carbocycles. The Balaban J connectivity index is 1.44. The molecule has 3 aliphatic rings. The molecule has 1 amide bonds. The summed E-state index contributed by atoms with van der Waals surface area (Å²) in [5, 5.41) is 3.11. The maximum atomic E-state index is 15.0. The van der Waals surface area contributed by atoms with Crippen molar-refractivity contribution in [3.63, 3.8) is 0 Å². The van der Waals surface area contributed by atoms with Crippen LogP contribution in [-0.4, -0.2) is 28.4 Å². The predicted molar refractivity (Wildman–Crippen MR) is 169 cm³/mol. The number of hydrogen-bond donors (Lipinski definition) is 1. The summed E-state index contributed by atoms with van der Waals surface area (Å²) in [5.74, 6) is -1.57. The van der Waals surface area contributed by atoms with Crippen molar-refractivity contribution in [3.05, 3.63) is 143 Å². The fourth-order valence-electron chi connectivity index (χ4n) is 7.54. The Morgan fingerprint density at radius 3 is 2.28 bits per heavy atom. The molecule has 4 aromatic rings. The first-order chi connectivity index (χ1) is 21.1. The Morgan fingerprint density at radius 1 is 0.791 bits per heavy atom. The van der Waals surface area contributed by atoms with E-state index in [9.17, 15) is 14.4 Å². The van der Waals surface area contributed by atoms with Crippen LogP contribution in [-0.2, 0) is 16.6 Å². The average Bonchev–Trinajstić information content (AvgIpc) is 3.53. The highest BCUT2D eigenvalue weighted by Crippen LogP contribution is 2.62. The number of hydrogen-bond acceptors (Lipinski definition) is 4. The summed E-state index contributed by atoms with van der Waals surface area (Å²) in [6, 6.07) is 31.1. The number of carbonyl (C=O) groups excluding carboxylic acids is 3. The van der Waals surface area contributed by atoms with E-state index in [0.29, 0.717) is 16.8 Å². The Labute approximate surface area is 252 Å². The molecule has 7 rings (SSSR count). The molecule has 0 aromatic heterocycles. The summed E-state index contributed by atoms with van der Waals surface area (Å²) in [4.78, 5) is 46.0. The summed E-state index contributed by atoms with van der Waals surface area (Å²) >= 11 is 0. The van der Waals surface area contributed by atoms with Crippen LogP contribution in [0.5, 0.6) is 0 Å². The Morgan fingerprint density at radius 2 is 1.49 bits per heavy atom. The van der Waals surface area contributed by atoms with Gasteiger partial charge in [0.25, 0.3) is 0 Å². The fraction of sp³-hybridized carbons (Fsp3) is 0.237. The zero-order chi connectivity index (χ0) is 29.6. The molecule has 5 heteroatoms. The van der Waals surface area contributed by atoms with Crippen molar-refractivity contribution in [1.82, 2.24) is 4.90 Å². The van der Waals surface area contributed by atoms with E-state index in [2.05, 4.69) is 12.2 Å². The number of nitrogens with one attached hydrogen (secondary N) is 1. The largest absolute Gasteiger partial charge is 0.358 e. The number of unbranched alkanes of at least 4 members (excludes halogenated alkanes) is 2. The molecule has 4 atom stereocenters. The molecule has 1 spiro atoms. The molecule has 4 aromatic carbocycles. The van der Waals surface area contributed by atoms with Crippen LogP contribution >= 0.6 is 0 Å². The predicted octanol–water partition coefficient (Wildman–Crippen LogP) is 7.40. The summed E-state index contributed by atoms with van der Waals surface area (Å²) < 4.78 is 0. The molecule has 3 aliphatic heterocycles. The summed E-state index contributed by atoms with van der Waals surface area (Å²) in [6.45, 7) is 2.19. The van der Waals surface area contributed by atoms with Crippen molar-refractivity contribution in [2.24, 2.45) is 5.92 Å². The molecule has 1 N–H and O–H groups in total. The molecule has 0 radical (unpaired) electrons.